The standard InChI is InChI=1S/C62H110O6/c1-4-7-10-13-16-18-20-22-23-24-25-26-27-28-29-30-31-32-33-34-35-36-37-38-39-40-42-43-46-49-52-55-61(64)67-58-59(57-66-60(63)54-51-48-45-15-12-9-6-3)68-62(65)56-53-50-47-44-41-21-19-17-14-11-8-5-2/h7,10,16,18,22-23,25-26,28-29,59H,4-6,8-9,11-15,17,19-21,24,27,30-58H2,1-3H3/b10-7-,18-16-,23-22-,26-25-,29-28-. The van der Waals surface area contributed by atoms with Gasteiger partial charge in [-0.3, -0.25) is 14.4 Å². The lowest BCUT2D eigenvalue weighted by atomic mass is 10.0. The fourth-order valence-electron chi connectivity index (χ4n) is 8.41. The fourth-order valence-corrected chi connectivity index (χ4v) is 8.41. The van der Waals surface area contributed by atoms with Crippen LogP contribution in [0.5, 0.6) is 0 Å². The SMILES string of the molecule is CC/C=C\C/C=C\C/C=C\C/C=C\C/C=C\CCCCCCCCCCCCCCCCCC(=O)OCC(COC(=O)CCCCCCCCC)OC(=O)CCCCCCCCCCCCCC. The lowest BCUT2D eigenvalue weighted by Crippen LogP contribution is -2.30. The molecule has 394 valence electrons. The summed E-state index contributed by atoms with van der Waals surface area (Å²) >= 11 is 0. The first-order valence-electron chi connectivity index (χ1n) is 29.3. The zero-order valence-corrected chi connectivity index (χ0v) is 45.1. The molecule has 0 saturated heterocycles. The topological polar surface area (TPSA) is 78.9 Å². The Bertz CT molecular complexity index is 1230. The number of esters is 3. The summed E-state index contributed by atoms with van der Waals surface area (Å²) < 4.78 is 16.8. The molecule has 1 unspecified atom stereocenters. The van der Waals surface area contributed by atoms with Gasteiger partial charge < -0.3 is 14.2 Å². The molecule has 0 spiro atoms. The maximum atomic E-state index is 12.8. The highest BCUT2D eigenvalue weighted by atomic mass is 16.6. The summed E-state index contributed by atoms with van der Waals surface area (Å²) in [6.07, 6.45) is 71.1. The molecular formula is C62H110O6. The predicted octanol–water partition coefficient (Wildman–Crippen LogP) is 19.6. The summed E-state index contributed by atoms with van der Waals surface area (Å²) in [5, 5.41) is 0. The molecule has 0 aromatic rings. The van der Waals surface area contributed by atoms with E-state index in [-0.39, 0.29) is 31.1 Å². The Morgan fingerprint density at radius 3 is 0.897 bits per heavy atom. The summed E-state index contributed by atoms with van der Waals surface area (Å²) in [6.45, 7) is 6.50. The first-order valence-corrected chi connectivity index (χ1v) is 29.3. The van der Waals surface area contributed by atoms with Crippen molar-refractivity contribution in [2.75, 3.05) is 13.2 Å². The van der Waals surface area contributed by atoms with Crippen molar-refractivity contribution in [1.29, 1.82) is 0 Å². The van der Waals surface area contributed by atoms with Crippen molar-refractivity contribution in [3.63, 3.8) is 0 Å². The maximum absolute atomic E-state index is 12.8. The highest BCUT2D eigenvalue weighted by Gasteiger charge is 2.19. The second kappa shape index (κ2) is 56.7. The largest absolute Gasteiger partial charge is 0.462 e. The van der Waals surface area contributed by atoms with Crippen LogP contribution in [0.3, 0.4) is 0 Å². The Morgan fingerprint density at radius 1 is 0.309 bits per heavy atom. The molecule has 0 rings (SSSR count). The van der Waals surface area contributed by atoms with Gasteiger partial charge in [0.2, 0.25) is 0 Å². The molecule has 1 atom stereocenters. The molecule has 0 aliphatic carbocycles. The number of carbonyl (C=O) groups is 3. The Hall–Kier alpha value is -2.89. The number of hydrogen-bond donors (Lipinski definition) is 0. The van der Waals surface area contributed by atoms with E-state index in [1.807, 2.05) is 0 Å². The normalized spacial score (nSPS) is 12.5. The molecule has 0 N–H and O–H groups in total. The molecule has 0 saturated carbocycles. The van der Waals surface area contributed by atoms with Gasteiger partial charge in [0.15, 0.2) is 6.10 Å². The zero-order chi connectivity index (χ0) is 49.3. The van der Waals surface area contributed by atoms with Crippen LogP contribution < -0.4 is 0 Å². The number of rotatable bonds is 53. The van der Waals surface area contributed by atoms with Crippen molar-refractivity contribution < 1.29 is 28.6 Å². The van der Waals surface area contributed by atoms with Crippen LogP contribution in [0.15, 0.2) is 60.8 Å². The second-order valence-electron chi connectivity index (χ2n) is 19.5. The van der Waals surface area contributed by atoms with Gasteiger partial charge in [-0.15, -0.1) is 0 Å². The molecule has 0 radical (unpaired) electrons. The average Bonchev–Trinajstić information content (AvgIpc) is 3.34. The summed E-state index contributed by atoms with van der Waals surface area (Å²) in [5.41, 5.74) is 0. The minimum Gasteiger partial charge on any atom is -0.462 e. The van der Waals surface area contributed by atoms with Crippen molar-refractivity contribution in [1.82, 2.24) is 0 Å². The molecule has 0 amide bonds. The van der Waals surface area contributed by atoms with E-state index in [1.54, 1.807) is 0 Å². The van der Waals surface area contributed by atoms with Crippen LogP contribution in [-0.2, 0) is 28.6 Å². The Balaban J connectivity index is 4.00. The molecule has 68 heavy (non-hydrogen) atoms. The van der Waals surface area contributed by atoms with Crippen molar-refractivity contribution in [3.05, 3.63) is 60.8 Å². The average molecular weight is 952 g/mol. The van der Waals surface area contributed by atoms with E-state index in [0.29, 0.717) is 19.3 Å². The van der Waals surface area contributed by atoms with Crippen LogP contribution in [0.25, 0.3) is 0 Å². The third-order valence-electron chi connectivity index (χ3n) is 12.8. The van der Waals surface area contributed by atoms with Gasteiger partial charge in [-0.1, -0.05) is 274 Å². The smallest absolute Gasteiger partial charge is 0.306 e. The van der Waals surface area contributed by atoms with Gasteiger partial charge in [-0.25, -0.2) is 0 Å². The van der Waals surface area contributed by atoms with E-state index in [4.69, 9.17) is 14.2 Å². The zero-order valence-electron chi connectivity index (χ0n) is 45.1. The Morgan fingerprint density at radius 2 is 0.574 bits per heavy atom. The molecule has 0 aromatic heterocycles. The summed E-state index contributed by atoms with van der Waals surface area (Å²) in [7, 11) is 0. The van der Waals surface area contributed by atoms with E-state index in [0.717, 1.165) is 89.9 Å². The van der Waals surface area contributed by atoms with Crippen LogP contribution >= 0.6 is 0 Å². The van der Waals surface area contributed by atoms with Crippen molar-refractivity contribution in [2.45, 2.75) is 303 Å². The first-order chi connectivity index (χ1) is 33.5. The number of ether oxygens (including phenoxy) is 3. The third-order valence-corrected chi connectivity index (χ3v) is 12.8. The van der Waals surface area contributed by atoms with Gasteiger partial charge in [-0.05, 0) is 64.2 Å². The highest BCUT2D eigenvalue weighted by Crippen LogP contribution is 2.16. The second-order valence-corrected chi connectivity index (χ2v) is 19.5. The molecule has 0 heterocycles. The minimum atomic E-state index is -0.766. The molecule has 0 aromatic carbocycles. The van der Waals surface area contributed by atoms with Crippen LogP contribution in [0.1, 0.15) is 297 Å². The van der Waals surface area contributed by atoms with Crippen molar-refractivity contribution in [2.24, 2.45) is 0 Å². The summed E-state index contributed by atoms with van der Waals surface area (Å²) in [4.78, 5) is 37.9. The molecule has 0 aliphatic heterocycles. The fraction of sp³-hybridized carbons (Fsp3) is 0.790. The molecule has 0 aliphatic rings. The van der Waals surface area contributed by atoms with E-state index in [2.05, 4.69) is 81.5 Å². The maximum Gasteiger partial charge on any atom is 0.306 e. The van der Waals surface area contributed by atoms with Gasteiger partial charge in [0.1, 0.15) is 13.2 Å². The van der Waals surface area contributed by atoms with E-state index >= 15 is 0 Å². The van der Waals surface area contributed by atoms with Gasteiger partial charge in [0.25, 0.3) is 0 Å². The first kappa shape index (κ1) is 65.1. The third kappa shape index (κ3) is 54.1. The monoisotopic (exact) mass is 951 g/mol. The quantitative estimate of drug-likeness (QED) is 0.0262. The summed E-state index contributed by atoms with van der Waals surface area (Å²) in [6, 6.07) is 0. The van der Waals surface area contributed by atoms with E-state index in [9.17, 15) is 14.4 Å². The van der Waals surface area contributed by atoms with Crippen LogP contribution in [-0.4, -0.2) is 37.2 Å². The lowest BCUT2D eigenvalue weighted by Gasteiger charge is -2.18. The van der Waals surface area contributed by atoms with Crippen LogP contribution in [0.2, 0.25) is 0 Å². The molecule has 6 nitrogen and oxygen atoms in total. The van der Waals surface area contributed by atoms with Gasteiger partial charge >= 0.3 is 17.9 Å². The predicted molar refractivity (Wildman–Crippen MR) is 293 cm³/mol. The van der Waals surface area contributed by atoms with E-state index in [1.165, 1.54) is 167 Å². The van der Waals surface area contributed by atoms with Crippen LogP contribution in [0.4, 0.5) is 0 Å². The van der Waals surface area contributed by atoms with Gasteiger partial charge in [0, 0.05) is 19.3 Å². The number of allylic oxidation sites excluding steroid dienone is 10. The van der Waals surface area contributed by atoms with Crippen molar-refractivity contribution in [3.8, 4) is 0 Å². The van der Waals surface area contributed by atoms with Crippen LogP contribution in [0, 0.1) is 0 Å². The molecular weight excluding hydrogens is 841 g/mol. The minimum absolute atomic E-state index is 0.0692. The Kier molecular flexibility index (Phi) is 54.3. The number of carbonyl (C=O) groups excluding carboxylic acids is 3. The van der Waals surface area contributed by atoms with Crippen molar-refractivity contribution >= 4 is 17.9 Å². The lowest BCUT2D eigenvalue weighted by molar-refractivity contribution is -0.167. The van der Waals surface area contributed by atoms with Gasteiger partial charge in [0.05, 0.1) is 0 Å². The highest BCUT2D eigenvalue weighted by molar-refractivity contribution is 5.71. The molecule has 0 bridgehead atoms. The number of hydrogen-bond acceptors (Lipinski definition) is 6. The van der Waals surface area contributed by atoms with E-state index < -0.39 is 6.10 Å². The Labute approximate surface area is 421 Å². The number of unbranched alkanes of at least 4 members (excludes halogenated alkanes) is 32. The molecule has 0 fully saturated rings. The summed E-state index contributed by atoms with van der Waals surface area (Å²) in [5.74, 6) is -0.864. The van der Waals surface area contributed by atoms with Gasteiger partial charge in [-0.2, -0.15) is 0 Å². The molecule has 6 heteroatoms.